The van der Waals surface area contributed by atoms with Crippen LogP contribution in [0.1, 0.15) is 137 Å². The first kappa shape index (κ1) is 45.7. The van der Waals surface area contributed by atoms with E-state index < -0.39 is 53.6 Å². The van der Waals surface area contributed by atoms with Gasteiger partial charge in [-0.1, -0.05) is 51.7 Å². The summed E-state index contributed by atoms with van der Waals surface area (Å²) in [6.45, 7) is 9.80. The van der Waals surface area contributed by atoms with E-state index in [9.17, 15) is 39.5 Å². The summed E-state index contributed by atoms with van der Waals surface area (Å²) < 4.78 is 5.32. The molecule has 0 aromatic carbocycles. The van der Waals surface area contributed by atoms with Gasteiger partial charge in [-0.3, -0.25) is 29.6 Å². The van der Waals surface area contributed by atoms with Crippen LogP contribution in [0.5, 0.6) is 0 Å². The zero-order valence-electron chi connectivity index (χ0n) is 30.6. The number of ether oxygens (including phenoxy) is 1. The lowest BCUT2D eigenvalue weighted by molar-refractivity contribution is -0.181. The van der Waals surface area contributed by atoms with Crippen LogP contribution in [0.4, 0.5) is 0 Å². The quantitative estimate of drug-likeness (QED) is 0.0256. The summed E-state index contributed by atoms with van der Waals surface area (Å²) >= 11 is 0. The second-order valence-corrected chi connectivity index (χ2v) is 13.4. The molecule has 0 aromatic rings. The highest BCUT2D eigenvalue weighted by molar-refractivity contribution is 5.92. The highest BCUT2D eigenvalue weighted by Crippen LogP contribution is 2.22. The molecule has 282 valence electrons. The number of carbonyl (C=O) groups excluding carboxylic acids is 5. The Morgan fingerprint density at radius 1 is 0.633 bits per heavy atom. The fourth-order valence-corrected chi connectivity index (χ4v) is 4.60. The molecule has 5 N–H and O–H groups in total. The topological polar surface area (TPSA) is 186 Å². The maximum Gasteiger partial charge on any atom is 0.339 e. The molecule has 13 nitrogen and oxygen atoms in total. The molecule has 4 amide bonds. The van der Waals surface area contributed by atoms with Crippen molar-refractivity contribution < 1.29 is 44.2 Å². The zero-order chi connectivity index (χ0) is 37.1. The number of amides is 4. The molecule has 0 radical (unpaired) electrons. The number of unbranched alkanes of at least 4 members (excludes halogenated alkanes) is 10. The molecule has 0 fully saturated rings. The average molecular weight is 697 g/mol. The Kier molecular flexibility index (Phi) is 24.8. The van der Waals surface area contributed by atoms with Gasteiger partial charge >= 0.3 is 5.97 Å². The van der Waals surface area contributed by atoms with E-state index in [4.69, 9.17) is 4.74 Å². The van der Waals surface area contributed by atoms with Crippen LogP contribution in [0, 0.1) is 0 Å². The summed E-state index contributed by atoms with van der Waals surface area (Å²) in [5.74, 6) is -3.29. The van der Waals surface area contributed by atoms with Crippen molar-refractivity contribution in [2.24, 2.45) is 0 Å². The molecule has 0 rings (SSSR count). The number of allylic oxidation sites excluding steroid dienone is 2. The summed E-state index contributed by atoms with van der Waals surface area (Å²) in [4.78, 5) is 62.1. The maximum atomic E-state index is 12.9. The summed E-state index contributed by atoms with van der Waals surface area (Å²) in [6, 6.07) is 0. The molecule has 0 aliphatic carbocycles. The van der Waals surface area contributed by atoms with Crippen LogP contribution < -0.4 is 10.6 Å². The van der Waals surface area contributed by atoms with E-state index >= 15 is 0 Å². The largest absolute Gasteiger partial charge is 0.458 e. The Balaban J connectivity index is 4.63. The summed E-state index contributed by atoms with van der Waals surface area (Å²) in [6.07, 6.45) is 16.1. The zero-order valence-corrected chi connectivity index (χ0v) is 30.6. The molecular formula is C36H64N4O9. The number of carbonyl (C=O) groups is 5. The van der Waals surface area contributed by atoms with Gasteiger partial charge in [-0.05, 0) is 85.0 Å². The third kappa shape index (κ3) is 24.5. The van der Waals surface area contributed by atoms with Gasteiger partial charge in [-0.2, -0.15) is 0 Å². The van der Waals surface area contributed by atoms with Crippen molar-refractivity contribution in [2.75, 3.05) is 26.2 Å². The Bertz CT molecular complexity index is 976. The van der Waals surface area contributed by atoms with E-state index in [0.717, 1.165) is 51.4 Å². The van der Waals surface area contributed by atoms with Gasteiger partial charge in [0.05, 0.1) is 12.8 Å². The molecule has 0 aromatic heterocycles. The SMILES string of the molecule is CCCCC/C=C/C(=O)N(O)CCCCCNC(=O)CC(O)(CC(=O)NCCCCCN(O)C(=O)/C=C/CCCCC)C(=O)OC(C)(C)C. The Morgan fingerprint density at radius 3 is 1.41 bits per heavy atom. The van der Waals surface area contributed by atoms with E-state index in [1.807, 2.05) is 0 Å². The van der Waals surface area contributed by atoms with Crippen LogP contribution >= 0.6 is 0 Å². The maximum absolute atomic E-state index is 12.9. The monoisotopic (exact) mass is 696 g/mol. The average Bonchev–Trinajstić information content (AvgIpc) is 3.02. The van der Waals surface area contributed by atoms with Gasteiger partial charge in [0.25, 0.3) is 11.8 Å². The number of hydrogen-bond donors (Lipinski definition) is 5. The van der Waals surface area contributed by atoms with Gasteiger partial charge in [-0.15, -0.1) is 0 Å². The van der Waals surface area contributed by atoms with Crippen molar-refractivity contribution in [3.63, 3.8) is 0 Å². The van der Waals surface area contributed by atoms with Crippen LogP contribution in [0.3, 0.4) is 0 Å². The van der Waals surface area contributed by atoms with Crippen molar-refractivity contribution >= 4 is 29.6 Å². The molecule has 0 aliphatic rings. The number of rotatable bonds is 27. The molecule has 0 unspecified atom stereocenters. The van der Waals surface area contributed by atoms with E-state index in [-0.39, 0.29) is 26.2 Å². The molecule has 0 atom stereocenters. The minimum absolute atomic E-state index is 0.149. The predicted octanol–water partition coefficient (Wildman–Crippen LogP) is 5.12. The van der Waals surface area contributed by atoms with E-state index in [1.165, 1.54) is 12.2 Å². The molecule has 13 heteroatoms. The number of esters is 1. The Morgan fingerprint density at radius 2 is 1.04 bits per heavy atom. The number of nitrogens with one attached hydrogen (secondary N) is 2. The minimum atomic E-state index is -2.38. The lowest BCUT2D eigenvalue weighted by Gasteiger charge is -2.29. The smallest absolute Gasteiger partial charge is 0.339 e. The molecule has 0 bridgehead atoms. The predicted molar refractivity (Wildman–Crippen MR) is 187 cm³/mol. The van der Waals surface area contributed by atoms with Gasteiger partial charge in [-0.25, -0.2) is 14.9 Å². The van der Waals surface area contributed by atoms with Crippen molar-refractivity contribution in [3.05, 3.63) is 24.3 Å². The third-order valence-electron chi connectivity index (χ3n) is 7.40. The van der Waals surface area contributed by atoms with Crippen molar-refractivity contribution in [1.82, 2.24) is 20.8 Å². The second kappa shape index (κ2) is 26.6. The first-order valence-electron chi connectivity index (χ1n) is 18.0. The second-order valence-electron chi connectivity index (χ2n) is 13.4. The van der Waals surface area contributed by atoms with Crippen molar-refractivity contribution in [2.45, 2.75) is 149 Å². The van der Waals surface area contributed by atoms with Gasteiger partial charge in [0.1, 0.15) is 5.60 Å². The highest BCUT2D eigenvalue weighted by atomic mass is 16.6. The molecule has 0 aliphatic heterocycles. The van der Waals surface area contributed by atoms with Crippen LogP contribution in [0.15, 0.2) is 24.3 Å². The fourth-order valence-electron chi connectivity index (χ4n) is 4.60. The third-order valence-corrected chi connectivity index (χ3v) is 7.40. The first-order valence-corrected chi connectivity index (χ1v) is 18.0. The Labute approximate surface area is 293 Å². The normalized spacial score (nSPS) is 11.9. The number of hydrogen-bond acceptors (Lipinski definition) is 9. The molecule has 0 saturated carbocycles. The number of hydroxylamine groups is 4. The van der Waals surface area contributed by atoms with Crippen LogP contribution in [0.25, 0.3) is 0 Å². The van der Waals surface area contributed by atoms with Gasteiger partial charge in [0.15, 0.2) is 5.60 Å². The number of nitrogens with zero attached hydrogens (tertiary/aromatic N) is 2. The van der Waals surface area contributed by atoms with Crippen LogP contribution in [-0.4, -0.2) is 92.6 Å². The summed E-state index contributed by atoms with van der Waals surface area (Å²) in [7, 11) is 0. The van der Waals surface area contributed by atoms with Crippen molar-refractivity contribution in [1.29, 1.82) is 0 Å². The highest BCUT2D eigenvalue weighted by Gasteiger charge is 2.43. The Hall–Kier alpha value is -3.29. The molecular weight excluding hydrogens is 632 g/mol. The lowest BCUT2D eigenvalue weighted by Crippen LogP contribution is -2.50. The molecule has 49 heavy (non-hydrogen) atoms. The summed E-state index contributed by atoms with van der Waals surface area (Å²) in [5, 5.41) is 37.6. The summed E-state index contributed by atoms with van der Waals surface area (Å²) in [5.41, 5.74) is -3.34. The molecule has 0 saturated heterocycles. The standard InChI is InChI=1S/C36H64N4O9/c1-6-8-10-12-16-22-32(43)39(47)26-20-14-18-24-37-30(41)28-36(46,34(45)49-35(3,4)5)29-31(42)38-25-19-15-21-27-40(48)33(44)23-17-13-11-9-7-2/h16-17,22-23,46-48H,6-15,18-21,24-29H2,1-5H3,(H,37,41)(H,38,42)/b22-16+,23-17+. The van der Waals surface area contributed by atoms with E-state index in [2.05, 4.69) is 24.5 Å². The van der Waals surface area contributed by atoms with E-state index in [1.54, 1.807) is 32.9 Å². The fraction of sp³-hybridized carbons (Fsp3) is 0.750. The molecule has 0 spiro atoms. The van der Waals surface area contributed by atoms with Gasteiger partial charge < -0.3 is 20.5 Å². The van der Waals surface area contributed by atoms with Gasteiger partial charge in [0.2, 0.25) is 11.8 Å². The van der Waals surface area contributed by atoms with Gasteiger partial charge in [0, 0.05) is 38.3 Å². The first-order chi connectivity index (χ1) is 23.1. The minimum Gasteiger partial charge on any atom is -0.458 e. The lowest BCUT2D eigenvalue weighted by atomic mass is 9.94. The van der Waals surface area contributed by atoms with Crippen LogP contribution in [-0.2, 0) is 28.7 Å². The van der Waals surface area contributed by atoms with Crippen LogP contribution in [0.2, 0.25) is 0 Å². The molecule has 0 heterocycles. The van der Waals surface area contributed by atoms with Crippen molar-refractivity contribution in [3.8, 4) is 0 Å². The van der Waals surface area contributed by atoms with E-state index in [0.29, 0.717) is 48.7 Å². The number of aliphatic hydroxyl groups is 1.